The molecule has 0 saturated heterocycles. The van der Waals surface area contributed by atoms with Crippen LogP contribution in [0.5, 0.6) is 5.75 Å². The van der Waals surface area contributed by atoms with Gasteiger partial charge in [-0.2, -0.15) is 0 Å². The van der Waals surface area contributed by atoms with Crippen LogP contribution in [-0.4, -0.2) is 11.6 Å². The fourth-order valence-electron chi connectivity index (χ4n) is 2.02. The summed E-state index contributed by atoms with van der Waals surface area (Å²) in [5.74, 6) is 2.59. The fraction of sp³-hybridized carbons (Fsp3) is 0.471. The number of aromatic nitrogens is 1. The van der Waals surface area contributed by atoms with Crippen LogP contribution in [-0.2, 0) is 13.0 Å². The van der Waals surface area contributed by atoms with Crippen molar-refractivity contribution in [3.63, 3.8) is 0 Å². The van der Waals surface area contributed by atoms with Crippen molar-refractivity contribution in [3.05, 3.63) is 47.7 Å². The monoisotopic (exact) mass is 288 g/mol. The van der Waals surface area contributed by atoms with Gasteiger partial charge in [-0.25, -0.2) is 4.98 Å². The Kier molecular flexibility index (Phi) is 5.81. The fourth-order valence-corrected chi connectivity index (χ4v) is 2.02. The van der Waals surface area contributed by atoms with Gasteiger partial charge in [0.05, 0.1) is 19.3 Å². The third-order valence-electron chi connectivity index (χ3n) is 3.36. The van der Waals surface area contributed by atoms with Crippen LogP contribution >= 0.6 is 0 Å². The predicted molar refractivity (Wildman–Crippen MR) is 83.4 cm³/mol. The molecule has 4 heteroatoms. The van der Waals surface area contributed by atoms with Gasteiger partial charge in [0, 0.05) is 12.5 Å². The zero-order valence-electron chi connectivity index (χ0n) is 13.1. The van der Waals surface area contributed by atoms with Crippen molar-refractivity contribution < 1.29 is 9.15 Å². The molecule has 4 nitrogen and oxygen atoms in total. The Morgan fingerprint density at radius 1 is 1.24 bits per heavy atom. The molecule has 2 rings (SSSR count). The molecule has 1 aromatic heterocycles. The van der Waals surface area contributed by atoms with Crippen LogP contribution in [0.1, 0.15) is 50.4 Å². The second-order valence-corrected chi connectivity index (χ2v) is 5.09. The number of nitrogens with one attached hydrogen (secondary N) is 1. The number of hydrogen-bond donors (Lipinski definition) is 1. The molecule has 1 N–H and O–H groups in total. The number of nitrogens with zero attached hydrogens (tertiary/aromatic N) is 1. The molecule has 0 aliphatic rings. The Morgan fingerprint density at radius 2 is 2.00 bits per heavy atom. The van der Waals surface area contributed by atoms with Crippen molar-refractivity contribution in [3.8, 4) is 5.75 Å². The number of hydrogen-bond acceptors (Lipinski definition) is 4. The number of benzene rings is 1. The molecule has 0 aliphatic carbocycles. The molecule has 1 aromatic carbocycles. The van der Waals surface area contributed by atoms with Gasteiger partial charge in [-0.15, -0.1) is 0 Å². The van der Waals surface area contributed by atoms with Gasteiger partial charge in [0.25, 0.3) is 0 Å². The third kappa shape index (κ3) is 4.60. The first kappa shape index (κ1) is 15.6. The summed E-state index contributed by atoms with van der Waals surface area (Å²) in [5.41, 5.74) is 1.22. The minimum atomic E-state index is 0.238. The van der Waals surface area contributed by atoms with E-state index in [2.05, 4.69) is 43.2 Å². The van der Waals surface area contributed by atoms with Gasteiger partial charge in [0.1, 0.15) is 11.5 Å². The molecule has 2 aromatic rings. The van der Waals surface area contributed by atoms with Crippen molar-refractivity contribution in [1.29, 1.82) is 0 Å². The molecule has 1 heterocycles. The van der Waals surface area contributed by atoms with E-state index in [1.165, 1.54) is 5.56 Å². The highest BCUT2D eigenvalue weighted by atomic mass is 16.5. The molecule has 0 spiro atoms. The van der Waals surface area contributed by atoms with E-state index in [0.29, 0.717) is 6.54 Å². The highest BCUT2D eigenvalue weighted by Crippen LogP contribution is 2.18. The molecule has 0 fully saturated rings. The van der Waals surface area contributed by atoms with Crippen LogP contribution in [0, 0.1) is 0 Å². The zero-order valence-corrected chi connectivity index (χ0v) is 13.1. The topological polar surface area (TPSA) is 47.3 Å². The molecule has 0 radical (unpaired) electrons. The van der Waals surface area contributed by atoms with Crippen molar-refractivity contribution in [1.82, 2.24) is 10.3 Å². The van der Waals surface area contributed by atoms with Crippen molar-refractivity contribution in [2.45, 2.75) is 46.2 Å². The Labute approximate surface area is 126 Å². The van der Waals surface area contributed by atoms with Gasteiger partial charge in [-0.1, -0.05) is 26.0 Å². The molecule has 0 amide bonds. The van der Waals surface area contributed by atoms with Crippen LogP contribution in [0.25, 0.3) is 0 Å². The molecular formula is C17H24N2O2. The standard InChI is InChI=1S/C17H24N2O2/c1-4-10-20-16-8-6-14(7-9-16)13(3)18-12-17-19-11-15(5-2)21-17/h6-9,11,13,18H,4-5,10,12H2,1-3H3. The molecule has 21 heavy (non-hydrogen) atoms. The summed E-state index contributed by atoms with van der Waals surface area (Å²) >= 11 is 0. The molecular weight excluding hydrogens is 264 g/mol. The van der Waals surface area contributed by atoms with E-state index in [0.717, 1.165) is 36.8 Å². The number of ether oxygens (including phenoxy) is 1. The van der Waals surface area contributed by atoms with Gasteiger partial charge >= 0.3 is 0 Å². The van der Waals surface area contributed by atoms with Crippen molar-refractivity contribution >= 4 is 0 Å². The van der Waals surface area contributed by atoms with Crippen LogP contribution in [0.15, 0.2) is 34.9 Å². The van der Waals surface area contributed by atoms with Crippen molar-refractivity contribution in [2.24, 2.45) is 0 Å². The second-order valence-electron chi connectivity index (χ2n) is 5.09. The van der Waals surface area contributed by atoms with E-state index in [1.807, 2.05) is 12.1 Å². The van der Waals surface area contributed by atoms with E-state index in [1.54, 1.807) is 6.20 Å². The molecule has 1 atom stereocenters. The first-order chi connectivity index (χ1) is 10.2. The Bertz CT molecular complexity index is 534. The lowest BCUT2D eigenvalue weighted by Crippen LogP contribution is -2.18. The largest absolute Gasteiger partial charge is 0.494 e. The Morgan fingerprint density at radius 3 is 2.62 bits per heavy atom. The molecule has 0 bridgehead atoms. The van der Waals surface area contributed by atoms with Gasteiger partial charge < -0.3 is 14.5 Å². The van der Waals surface area contributed by atoms with Crippen molar-refractivity contribution in [2.75, 3.05) is 6.61 Å². The van der Waals surface area contributed by atoms with Gasteiger partial charge in [0.15, 0.2) is 0 Å². The minimum absolute atomic E-state index is 0.238. The Balaban J connectivity index is 1.86. The lowest BCUT2D eigenvalue weighted by atomic mass is 10.1. The maximum atomic E-state index is 5.59. The van der Waals surface area contributed by atoms with Gasteiger partial charge in [0.2, 0.25) is 5.89 Å². The SMILES string of the molecule is CCCOc1ccc(C(C)NCc2ncc(CC)o2)cc1. The van der Waals surface area contributed by atoms with E-state index < -0.39 is 0 Å². The first-order valence-corrected chi connectivity index (χ1v) is 7.62. The average Bonchev–Trinajstić information content (AvgIpc) is 2.99. The third-order valence-corrected chi connectivity index (χ3v) is 3.36. The van der Waals surface area contributed by atoms with Crippen LogP contribution in [0.3, 0.4) is 0 Å². The normalized spacial score (nSPS) is 12.3. The summed E-state index contributed by atoms with van der Waals surface area (Å²) in [6.45, 7) is 7.69. The van der Waals surface area contributed by atoms with E-state index in [4.69, 9.17) is 9.15 Å². The summed E-state index contributed by atoms with van der Waals surface area (Å²) in [6, 6.07) is 8.46. The quantitative estimate of drug-likeness (QED) is 0.801. The first-order valence-electron chi connectivity index (χ1n) is 7.62. The molecule has 1 unspecified atom stereocenters. The molecule has 0 aliphatic heterocycles. The van der Waals surface area contributed by atoms with Gasteiger partial charge in [-0.05, 0) is 31.0 Å². The minimum Gasteiger partial charge on any atom is -0.494 e. The summed E-state index contributed by atoms with van der Waals surface area (Å²) in [7, 11) is 0. The maximum absolute atomic E-state index is 5.59. The summed E-state index contributed by atoms with van der Waals surface area (Å²) in [4.78, 5) is 4.25. The number of rotatable bonds is 8. The summed E-state index contributed by atoms with van der Waals surface area (Å²) in [5, 5.41) is 3.42. The smallest absolute Gasteiger partial charge is 0.208 e. The molecule has 0 saturated carbocycles. The van der Waals surface area contributed by atoms with Crippen LogP contribution in [0.4, 0.5) is 0 Å². The zero-order chi connectivity index (χ0) is 15.1. The van der Waals surface area contributed by atoms with E-state index in [9.17, 15) is 0 Å². The molecule has 114 valence electrons. The highest BCUT2D eigenvalue weighted by Gasteiger charge is 2.08. The summed E-state index contributed by atoms with van der Waals surface area (Å²) in [6.07, 6.45) is 3.69. The average molecular weight is 288 g/mol. The lowest BCUT2D eigenvalue weighted by Gasteiger charge is -2.13. The Hall–Kier alpha value is -1.81. The van der Waals surface area contributed by atoms with Gasteiger partial charge in [-0.3, -0.25) is 0 Å². The predicted octanol–water partition coefficient (Wildman–Crippen LogP) is 3.88. The number of oxazole rings is 1. The highest BCUT2D eigenvalue weighted by molar-refractivity contribution is 5.28. The number of aryl methyl sites for hydroxylation is 1. The van der Waals surface area contributed by atoms with E-state index in [-0.39, 0.29) is 6.04 Å². The summed E-state index contributed by atoms with van der Waals surface area (Å²) < 4.78 is 11.2. The second kappa shape index (κ2) is 7.84. The van der Waals surface area contributed by atoms with Crippen LogP contribution < -0.4 is 10.1 Å². The lowest BCUT2D eigenvalue weighted by molar-refractivity contribution is 0.317. The van der Waals surface area contributed by atoms with Crippen LogP contribution in [0.2, 0.25) is 0 Å². The maximum Gasteiger partial charge on any atom is 0.208 e. The van der Waals surface area contributed by atoms with E-state index >= 15 is 0 Å².